The van der Waals surface area contributed by atoms with E-state index in [9.17, 15) is 0 Å². The fourth-order valence-electron chi connectivity index (χ4n) is 3.42. The van der Waals surface area contributed by atoms with Gasteiger partial charge in [0.2, 0.25) is 0 Å². The number of benzene rings is 1. The number of nitrogens with zero attached hydrogens (tertiary/aromatic N) is 1. The van der Waals surface area contributed by atoms with E-state index in [1.807, 2.05) is 12.1 Å². The zero-order valence-electron chi connectivity index (χ0n) is 15.3. The predicted octanol–water partition coefficient (Wildman–Crippen LogP) is 4.12. The van der Waals surface area contributed by atoms with Crippen molar-refractivity contribution >= 4 is 28.9 Å². The van der Waals surface area contributed by atoms with E-state index >= 15 is 0 Å². The number of aryl methyl sites for hydroxylation is 1. The van der Waals surface area contributed by atoms with Crippen molar-refractivity contribution in [3.05, 3.63) is 56.7 Å². The molecule has 2 N–H and O–H groups in total. The van der Waals surface area contributed by atoms with E-state index in [4.69, 9.17) is 16.3 Å². The van der Waals surface area contributed by atoms with Gasteiger partial charge >= 0.3 is 0 Å². The van der Waals surface area contributed by atoms with E-state index in [1.165, 1.54) is 15.3 Å². The van der Waals surface area contributed by atoms with Crippen molar-refractivity contribution in [2.75, 3.05) is 26.8 Å². The van der Waals surface area contributed by atoms with Crippen molar-refractivity contribution in [1.82, 2.24) is 10.6 Å². The highest BCUT2D eigenvalue weighted by atomic mass is 35.5. The molecule has 1 saturated heterocycles. The average Bonchev–Trinajstić information content (AvgIpc) is 3.08. The van der Waals surface area contributed by atoms with E-state index < -0.39 is 0 Å². The average molecular weight is 392 g/mol. The fraction of sp³-hybridized carbons (Fsp3) is 0.450. The maximum absolute atomic E-state index is 6.53. The van der Waals surface area contributed by atoms with E-state index in [2.05, 4.69) is 46.8 Å². The third-order valence-electron chi connectivity index (χ3n) is 4.94. The van der Waals surface area contributed by atoms with Gasteiger partial charge in [0, 0.05) is 47.0 Å². The number of rotatable bonds is 5. The van der Waals surface area contributed by atoms with E-state index in [1.54, 1.807) is 18.4 Å². The van der Waals surface area contributed by atoms with Crippen LogP contribution in [0.25, 0.3) is 0 Å². The molecule has 6 heteroatoms. The number of nitrogens with one attached hydrogen (secondary N) is 2. The first kappa shape index (κ1) is 19.2. The molecule has 140 valence electrons. The summed E-state index contributed by atoms with van der Waals surface area (Å²) in [6.45, 7) is 5.20. The first-order valence-corrected chi connectivity index (χ1v) is 10.1. The van der Waals surface area contributed by atoms with Crippen molar-refractivity contribution in [1.29, 1.82) is 0 Å². The summed E-state index contributed by atoms with van der Waals surface area (Å²) >= 11 is 8.33. The van der Waals surface area contributed by atoms with Crippen LogP contribution in [0.3, 0.4) is 0 Å². The highest BCUT2D eigenvalue weighted by Crippen LogP contribution is 2.38. The molecule has 0 spiro atoms. The van der Waals surface area contributed by atoms with Crippen LogP contribution in [0.5, 0.6) is 0 Å². The minimum absolute atomic E-state index is 0.0340. The second-order valence-corrected chi connectivity index (χ2v) is 8.44. The maximum Gasteiger partial charge on any atom is 0.191 e. The van der Waals surface area contributed by atoms with E-state index in [-0.39, 0.29) is 5.41 Å². The van der Waals surface area contributed by atoms with Crippen LogP contribution >= 0.6 is 22.9 Å². The molecule has 3 rings (SSSR count). The van der Waals surface area contributed by atoms with Gasteiger partial charge in [-0.15, -0.1) is 11.3 Å². The lowest BCUT2D eigenvalue weighted by Crippen LogP contribution is -2.48. The van der Waals surface area contributed by atoms with Crippen LogP contribution in [0, 0.1) is 6.92 Å². The molecule has 0 atom stereocenters. The third-order valence-corrected chi connectivity index (χ3v) is 6.27. The summed E-state index contributed by atoms with van der Waals surface area (Å²) in [6.07, 6.45) is 1.90. The van der Waals surface area contributed by atoms with Crippen molar-refractivity contribution in [2.24, 2.45) is 4.99 Å². The second kappa shape index (κ2) is 8.89. The first-order chi connectivity index (χ1) is 12.6. The zero-order valence-corrected chi connectivity index (χ0v) is 16.9. The standard InChI is InChI=1S/C20H26ClN3OS/c1-15-7-8-16(26-15)13-23-19(22-2)24-14-20(9-11-25-12-10-20)17-5-3-4-6-18(17)21/h3-8H,9-14H2,1-2H3,(H2,22,23,24). The molecule has 0 radical (unpaired) electrons. The van der Waals surface area contributed by atoms with Crippen LogP contribution in [0.2, 0.25) is 5.02 Å². The lowest BCUT2D eigenvalue weighted by molar-refractivity contribution is 0.0514. The van der Waals surface area contributed by atoms with Gasteiger partial charge < -0.3 is 15.4 Å². The largest absolute Gasteiger partial charge is 0.381 e. The molecule has 2 heterocycles. The molecule has 0 saturated carbocycles. The Kier molecular flexibility index (Phi) is 6.57. The zero-order chi connectivity index (χ0) is 18.4. The summed E-state index contributed by atoms with van der Waals surface area (Å²) in [5.74, 6) is 0.814. The number of ether oxygens (including phenoxy) is 1. The highest BCUT2D eigenvalue weighted by Gasteiger charge is 2.36. The molecule has 1 aromatic heterocycles. The highest BCUT2D eigenvalue weighted by molar-refractivity contribution is 7.11. The minimum atomic E-state index is -0.0340. The quantitative estimate of drug-likeness (QED) is 0.595. The Morgan fingerprint density at radius 2 is 1.96 bits per heavy atom. The number of guanidine groups is 1. The molecule has 1 aliphatic heterocycles. The molecule has 0 unspecified atom stereocenters. The molecule has 0 aliphatic carbocycles. The van der Waals surface area contributed by atoms with E-state index in [0.29, 0.717) is 0 Å². The lowest BCUT2D eigenvalue weighted by Gasteiger charge is -2.38. The molecule has 1 aromatic carbocycles. The number of thiophene rings is 1. The molecule has 26 heavy (non-hydrogen) atoms. The van der Waals surface area contributed by atoms with Gasteiger partial charge in [0.25, 0.3) is 0 Å². The molecule has 1 fully saturated rings. The van der Waals surface area contributed by atoms with Gasteiger partial charge in [0.1, 0.15) is 0 Å². The summed E-state index contributed by atoms with van der Waals surface area (Å²) in [5, 5.41) is 7.75. The smallest absolute Gasteiger partial charge is 0.191 e. The summed E-state index contributed by atoms with van der Waals surface area (Å²) in [7, 11) is 1.81. The van der Waals surface area contributed by atoms with Crippen LogP contribution in [0.1, 0.15) is 28.2 Å². The summed E-state index contributed by atoms with van der Waals surface area (Å²) in [6, 6.07) is 12.5. The van der Waals surface area contributed by atoms with Gasteiger partial charge in [0.15, 0.2) is 5.96 Å². The van der Waals surface area contributed by atoms with Gasteiger partial charge in [-0.1, -0.05) is 29.8 Å². The van der Waals surface area contributed by atoms with Crippen molar-refractivity contribution in [2.45, 2.75) is 31.7 Å². The Morgan fingerprint density at radius 3 is 2.62 bits per heavy atom. The monoisotopic (exact) mass is 391 g/mol. The molecule has 0 bridgehead atoms. The normalized spacial score (nSPS) is 17.1. The molecule has 0 amide bonds. The SMILES string of the molecule is CN=C(NCc1ccc(C)s1)NCC1(c2ccccc2Cl)CCOCC1. The molecule has 1 aliphatic rings. The number of halogens is 1. The van der Waals surface area contributed by atoms with Gasteiger partial charge in [-0.3, -0.25) is 4.99 Å². The van der Waals surface area contributed by atoms with Crippen LogP contribution in [0.15, 0.2) is 41.4 Å². The van der Waals surface area contributed by atoms with Crippen molar-refractivity contribution in [3.63, 3.8) is 0 Å². The Balaban J connectivity index is 1.68. The topological polar surface area (TPSA) is 45.7 Å². The van der Waals surface area contributed by atoms with E-state index in [0.717, 1.165) is 50.1 Å². The number of hydrogen-bond donors (Lipinski definition) is 2. The van der Waals surface area contributed by atoms with Crippen LogP contribution in [-0.2, 0) is 16.7 Å². The van der Waals surface area contributed by atoms with Gasteiger partial charge in [-0.05, 0) is 43.5 Å². The third kappa shape index (κ3) is 4.58. The summed E-state index contributed by atoms with van der Waals surface area (Å²) in [5.41, 5.74) is 1.16. The molecular formula is C20H26ClN3OS. The Labute approximate surface area is 164 Å². The summed E-state index contributed by atoms with van der Waals surface area (Å²) < 4.78 is 5.61. The number of aliphatic imine (C=N–C) groups is 1. The second-order valence-electron chi connectivity index (χ2n) is 6.66. The van der Waals surface area contributed by atoms with Crippen molar-refractivity contribution in [3.8, 4) is 0 Å². The van der Waals surface area contributed by atoms with Crippen molar-refractivity contribution < 1.29 is 4.74 Å². The summed E-state index contributed by atoms with van der Waals surface area (Å²) in [4.78, 5) is 7.00. The lowest BCUT2D eigenvalue weighted by atomic mass is 9.74. The predicted molar refractivity (Wildman–Crippen MR) is 110 cm³/mol. The van der Waals surface area contributed by atoms with Gasteiger partial charge in [-0.25, -0.2) is 0 Å². The Morgan fingerprint density at radius 1 is 1.19 bits per heavy atom. The fourth-order valence-corrected chi connectivity index (χ4v) is 4.59. The molecule has 4 nitrogen and oxygen atoms in total. The Bertz CT molecular complexity index is 753. The first-order valence-electron chi connectivity index (χ1n) is 8.95. The Hall–Kier alpha value is -1.56. The van der Waals surface area contributed by atoms with Crippen LogP contribution < -0.4 is 10.6 Å². The molecule has 2 aromatic rings. The molecular weight excluding hydrogens is 366 g/mol. The van der Waals surface area contributed by atoms with Crippen LogP contribution in [-0.4, -0.2) is 32.8 Å². The number of hydrogen-bond acceptors (Lipinski definition) is 3. The minimum Gasteiger partial charge on any atom is -0.381 e. The van der Waals surface area contributed by atoms with Crippen LogP contribution in [0.4, 0.5) is 0 Å². The van der Waals surface area contributed by atoms with Gasteiger partial charge in [-0.2, -0.15) is 0 Å². The van der Waals surface area contributed by atoms with Gasteiger partial charge in [0.05, 0.1) is 6.54 Å². The maximum atomic E-state index is 6.53.